The van der Waals surface area contributed by atoms with Gasteiger partial charge in [0, 0.05) is 36.8 Å². The summed E-state index contributed by atoms with van der Waals surface area (Å²) in [5, 5.41) is 8.39. The maximum atomic E-state index is 6.31. The molecule has 2 aromatic carbocycles. The Balaban J connectivity index is 1.31. The van der Waals surface area contributed by atoms with Crippen LogP contribution in [0.3, 0.4) is 0 Å². The molecule has 0 spiro atoms. The van der Waals surface area contributed by atoms with Crippen molar-refractivity contribution in [3.8, 4) is 5.75 Å². The van der Waals surface area contributed by atoms with Crippen molar-refractivity contribution < 1.29 is 9.47 Å². The summed E-state index contributed by atoms with van der Waals surface area (Å²) < 4.78 is 11.7. The first-order valence-electron chi connectivity index (χ1n) is 9.57. The minimum absolute atomic E-state index is 0.0312. The minimum atomic E-state index is -0.0312. The summed E-state index contributed by atoms with van der Waals surface area (Å²) in [5.41, 5.74) is 3.14. The van der Waals surface area contributed by atoms with Crippen LogP contribution in [0, 0.1) is 0 Å². The summed E-state index contributed by atoms with van der Waals surface area (Å²) in [6.45, 7) is 3.81. The molecule has 6 heteroatoms. The third kappa shape index (κ3) is 4.93. The largest absolute Gasteiger partial charge is 0.493 e. The molecule has 146 valence electrons. The average Bonchev–Trinajstić information content (AvgIpc) is 3.20. The molecule has 0 radical (unpaired) electrons. The fourth-order valence-corrected chi connectivity index (χ4v) is 3.56. The maximum Gasteiger partial charge on any atom is 0.119 e. The molecule has 28 heavy (non-hydrogen) atoms. The number of nitrogens with zero attached hydrogens (tertiary/aromatic N) is 2. The molecule has 1 saturated heterocycles. The smallest absolute Gasteiger partial charge is 0.119 e. The molecule has 4 rings (SSSR count). The van der Waals surface area contributed by atoms with Gasteiger partial charge in [0.2, 0.25) is 0 Å². The zero-order valence-corrected chi connectivity index (χ0v) is 16.4. The van der Waals surface area contributed by atoms with E-state index < -0.39 is 0 Å². The summed E-state index contributed by atoms with van der Waals surface area (Å²) in [6.07, 6.45) is 0.745. The second-order valence-electron chi connectivity index (χ2n) is 6.92. The molecule has 1 atom stereocenters. The van der Waals surface area contributed by atoms with Crippen LogP contribution in [0.2, 0.25) is 5.02 Å². The minimum Gasteiger partial charge on any atom is -0.493 e. The number of ether oxygens (including phenoxy) is 2. The van der Waals surface area contributed by atoms with Crippen LogP contribution in [-0.2, 0) is 17.7 Å². The summed E-state index contributed by atoms with van der Waals surface area (Å²) >= 11 is 6.31. The molecule has 0 bridgehead atoms. The molecule has 0 amide bonds. The lowest BCUT2D eigenvalue weighted by Crippen LogP contribution is -2.38. The van der Waals surface area contributed by atoms with Gasteiger partial charge in [0.05, 0.1) is 18.9 Å². The molecule has 0 aliphatic carbocycles. The molecular formula is C22H24ClN3O2. The molecule has 2 heterocycles. The Morgan fingerprint density at radius 3 is 2.82 bits per heavy atom. The Kier molecular flexibility index (Phi) is 6.27. The van der Waals surface area contributed by atoms with E-state index in [1.54, 1.807) is 0 Å². The number of rotatable bonds is 7. The lowest BCUT2D eigenvalue weighted by atomic mass is 10.1. The van der Waals surface area contributed by atoms with E-state index in [1.165, 1.54) is 0 Å². The quantitative estimate of drug-likeness (QED) is 0.647. The number of morpholine rings is 1. The normalized spacial score (nSPS) is 17.5. The fourth-order valence-electron chi connectivity index (χ4n) is 3.36. The Labute approximate surface area is 170 Å². The van der Waals surface area contributed by atoms with Crippen molar-refractivity contribution >= 4 is 11.6 Å². The predicted octanol–water partition coefficient (Wildman–Crippen LogP) is 4.26. The topological polar surface area (TPSA) is 50.4 Å². The van der Waals surface area contributed by atoms with Crippen molar-refractivity contribution in [3.63, 3.8) is 0 Å². The van der Waals surface area contributed by atoms with Crippen LogP contribution in [0.5, 0.6) is 5.75 Å². The van der Waals surface area contributed by atoms with Crippen molar-refractivity contribution in [2.45, 2.75) is 19.1 Å². The fraction of sp³-hybridized carbons (Fsp3) is 0.318. The molecule has 1 fully saturated rings. The van der Waals surface area contributed by atoms with Crippen LogP contribution < -0.4 is 4.74 Å². The third-order valence-corrected chi connectivity index (χ3v) is 5.24. The molecule has 0 unspecified atom stereocenters. The van der Waals surface area contributed by atoms with Gasteiger partial charge in [-0.05, 0) is 29.8 Å². The molecule has 0 saturated carbocycles. The van der Waals surface area contributed by atoms with Crippen LogP contribution in [0.1, 0.15) is 23.1 Å². The van der Waals surface area contributed by atoms with Gasteiger partial charge >= 0.3 is 0 Å². The first kappa shape index (κ1) is 19.0. The van der Waals surface area contributed by atoms with Crippen molar-refractivity contribution in [2.75, 3.05) is 26.3 Å². The zero-order valence-electron chi connectivity index (χ0n) is 15.7. The van der Waals surface area contributed by atoms with E-state index in [0.29, 0.717) is 13.2 Å². The van der Waals surface area contributed by atoms with Crippen LogP contribution >= 0.6 is 11.6 Å². The second-order valence-corrected chi connectivity index (χ2v) is 7.32. The summed E-state index contributed by atoms with van der Waals surface area (Å²) in [6, 6.07) is 19.9. The molecule has 3 aromatic rings. The first-order valence-corrected chi connectivity index (χ1v) is 9.95. The van der Waals surface area contributed by atoms with Gasteiger partial charge in [0.15, 0.2) is 0 Å². The Hall–Kier alpha value is -2.34. The van der Waals surface area contributed by atoms with E-state index in [2.05, 4.69) is 27.2 Å². The Morgan fingerprint density at radius 2 is 1.96 bits per heavy atom. The molecule has 1 aliphatic rings. The van der Waals surface area contributed by atoms with E-state index in [-0.39, 0.29) is 6.10 Å². The van der Waals surface area contributed by atoms with Crippen LogP contribution in [0.25, 0.3) is 0 Å². The number of hydrogen-bond donors (Lipinski definition) is 1. The summed E-state index contributed by atoms with van der Waals surface area (Å²) in [5.74, 6) is 0.882. The van der Waals surface area contributed by atoms with E-state index >= 15 is 0 Å². The third-order valence-electron chi connectivity index (χ3n) is 4.87. The van der Waals surface area contributed by atoms with Gasteiger partial charge in [0.1, 0.15) is 11.9 Å². The SMILES string of the molecule is Clc1ccccc1CN1CCO[C@@H](c2cc(CCOc3ccccc3)[nH]n2)C1. The Bertz CT molecular complexity index is 884. The van der Waals surface area contributed by atoms with Gasteiger partial charge in [-0.2, -0.15) is 5.10 Å². The number of aromatic amines is 1. The number of benzene rings is 2. The molecule has 1 aliphatic heterocycles. The van der Waals surface area contributed by atoms with Gasteiger partial charge in [-0.25, -0.2) is 0 Å². The number of nitrogens with one attached hydrogen (secondary N) is 1. The molecule has 5 nitrogen and oxygen atoms in total. The van der Waals surface area contributed by atoms with Gasteiger partial charge in [0.25, 0.3) is 0 Å². The molecule has 1 N–H and O–H groups in total. The van der Waals surface area contributed by atoms with E-state index in [9.17, 15) is 0 Å². The lowest BCUT2D eigenvalue weighted by molar-refractivity contribution is -0.0350. The average molecular weight is 398 g/mol. The highest BCUT2D eigenvalue weighted by atomic mass is 35.5. The van der Waals surface area contributed by atoms with Crippen LogP contribution in [0.15, 0.2) is 60.7 Å². The van der Waals surface area contributed by atoms with Crippen LogP contribution in [-0.4, -0.2) is 41.4 Å². The highest BCUT2D eigenvalue weighted by Gasteiger charge is 2.24. The molecular weight excluding hydrogens is 374 g/mol. The number of para-hydroxylation sites is 1. The van der Waals surface area contributed by atoms with Crippen LogP contribution in [0.4, 0.5) is 0 Å². The van der Waals surface area contributed by atoms with Crippen molar-refractivity contribution in [3.05, 3.63) is 82.6 Å². The van der Waals surface area contributed by atoms with Gasteiger partial charge < -0.3 is 9.47 Å². The van der Waals surface area contributed by atoms with E-state index in [1.807, 2.05) is 48.5 Å². The predicted molar refractivity (Wildman–Crippen MR) is 110 cm³/mol. The van der Waals surface area contributed by atoms with E-state index in [0.717, 1.165) is 53.8 Å². The monoisotopic (exact) mass is 397 g/mol. The van der Waals surface area contributed by atoms with Gasteiger partial charge in [-0.15, -0.1) is 0 Å². The summed E-state index contributed by atoms with van der Waals surface area (Å²) in [4.78, 5) is 2.36. The van der Waals surface area contributed by atoms with Crippen molar-refractivity contribution in [1.29, 1.82) is 0 Å². The number of halogens is 1. The summed E-state index contributed by atoms with van der Waals surface area (Å²) in [7, 11) is 0. The van der Waals surface area contributed by atoms with Crippen molar-refractivity contribution in [1.82, 2.24) is 15.1 Å². The maximum absolute atomic E-state index is 6.31. The number of aromatic nitrogens is 2. The standard InChI is InChI=1S/C22H24ClN3O2/c23-20-9-5-4-6-17(20)15-26-11-13-28-22(16-26)21-14-18(24-25-21)10-12-27-19-7-2-1-3-8-19/h1-9,14,22H,10-13,15-16H2,(H,24,25)/t22-/m1/s1. The first-order chi connectivity index (χ1) is 13.8. The van der Waals surface area contributed by atoms with Gasteiger partial charge in [-0.1, -0.05) is 48.0 Å². The number of hydrogen-bond acceptors (Lipinski definition) is 4. The van der Waals surface area contributed by atoms with Gasteiger partial charge in [-0.3, -0.25) is 10.00 Å². The lowest BCUT2D eigenvalue weighted by Gasteiger charge is -2.32. The zero-order chi connectivity index (χ0) is 19.2. The second kappa shape index (κ2) is 9.24. The highest BCUT2D eigenvalue weighted by molar-refractivity contribution is 6.31. The van der Waals surface area contributed by atoms with E-state index in [4.69, 9.17) is 21.1 Å². The Morgan fingerprint density at radius 1 is 1.14 bits per heavy atom. The highest BCUT2D eigenvalue weighted by Crippen LogP contribution is 2.24. The van der Waals surface area contributed by atoms with Crippen molar-refractivity contribution in [2.24, 2.45) is 0 Å². The number of H-pyrrole nitrogens is 1. The molecule has 1 aromatic heterocycles.